The topological polar surface area (TPSA) is 41.5 Å². The van der Waals surface area contributed by atoms with Crippen molar-refractivity contribution in [3.05, 3.63) is 29.6 Å². The van der Waals surface area contributed by atoms with E-state index in [1.165, 1.54) is 12.1 Å². The number of hydrogen-bond donors (Lipinski definition) is 2. The average molecular weight is 241 g/mol. The summed E-state index contributed by atoms with van der Waals surface area (Å²) in [6, 6.07) is 4.53. The molecule has 1 aromatic rings. The Labute approximate surface area is 102 Å². The van der Waals surface area contributed by atoms with Crippen molar-refractivity contribution in [2.24, 2.45) is 0 Å². The molecule has 0 aliphatic heterocycles. The summed E-state index contributed by atoms with van der Waals surface area (Å²) in [6.07, 6.45) is 0.695. The highest BCUT2D eigenvalue weighted by Gasteiger charge is 2.06. The Bertz CT molecular complexity index is 344. The van der Waals surface area contributed by atoms with Crippen LogP contribution in [0, 0.1) is 12.7 Å². The zero-order chi connectivity index (χ0) is 12.7. The maximum Gasteiger partial charge on any atom is 0.126 e. The molecule has 1 aromatic carbocycles. The maximum absolute atomic E-state index is 13.0. The molecule has 0 saturated heterocycles. The van der Waals surface area contributed by atoms with Crippen molar-refractivity contribution in [1.29, 1.82) is 0 Å². The van der Waals surface area contributed by atoms with Gasteiger partial charge < -0.3 is 15.2 Å². The Morgan fingerprint density at radius 3 is 2.88 bits per heavy atom. The van der Waals surface area contributed by atoms with Gasteiger partial charge in [0.15, 0.2) is 0 Å². The molecule has 0 aliphatic rings. The number of hydrogen-bond acceptors (Lipinski definition) is 3. The number of aliphatic hydroxyl groups excluding tert-OH is 1. The van der Waals surface area contributed by atoms with Crippen LogP contribution in [0.15, 0.2) is 18.2 Å². The number of halogens is 1. The molecule has 0 fully saturated rings. The van der Waals surface area contributed by atoms with Crippen LogP contribution in [0.5, 0.6) is 5.75 Å². The first-order chi connectivity index (χ1) is 8.17. The number of nitrogens with one attached hydrogen (secondary N) is 1. The lowest BCUT2D eigenvalue weighted by molar-refractivity contribution is 0.209. The Balaban J connectivity index is 2.42. The third-order valence-corrected chi connectivity index (χ3v) is 2.59. The van der Waals surface area contributed by atoms with Gasteiger partial charge in [-0.3, -0.25) is 0 Å². The van der Waals surface area contributed by atoms with Gasteiger partial charge in [0.1, 0.15) is 11.6 Å². The number of aryl methyl sites for hydroxylation is 1. The molecule has 4 heteroatoms. The summed E-state index contributed by atoms with van der Waals surface area (Å²) in [4.78, 5) is 0. The summed E-state index contributed by atoms with van der Waals surface area (Å²) in [5.41, 5.74) is 0.912. The molecule has 0 amide bonds. The fourth-order valence-corrected chi connectivity index (χ4v) is 1.59. The highest BCUT2D eigenvalue weighted by Crippen LogP contribution is 2.18. The van der Waals surface area contributed by atoms with Gasteiger partial charge in [-0.2, -0.15) is 0 Å². The first-order valence-electron chi connectivity index (χ1n) is 5.90. The van der Waals surface area contributed by atoms with E-state index in [1.54, 1.807) is 6.07 Å². The SMILES string of the molecule is CCNC(CO)CCOc1cc(F)ccc1C. The molecule has 0 radical (unpaired) electrons. The molecule has 0 spiro atoms. The van der Waals surface area contributed by atoms with Crippen LogP contribution in [0.2, 0.25) is 0 Å². The standard InChI is InChI=1S/C13H20FNO2/c1-3-15-12(9-16)6-7-17-13-8-11(14)5-4-10(13)2/h4-5,8,12,15-16H,3,6-7,9H2,1-2H3. The second-order valence-electron chi connectivity index (χ2n) is 3.98. The lowest BCUT2D eigenvalue weighted by Gasteiger charge is -2.16. The summed E-state index contributed by atoms with van der Waals surface area (Å²) < 4.78 is 18.5. The van der Waals surface area contributed by atoms with Crippen LogP contribution >= 0.6 is 0 Å². The highest BCUT2D eigenvalue weighted by molar-refractivity contribution is 5.32. The number of rotatable bonds is 7. The average Bonchev–Trinajstić information content (AvgIpc) is 2.32. The summed E-state index contributed by atoms with van der Waals surface area (Å²) in [7, 11) is 0. The van der Waals surface area contributed by atoms with Gasteiger partial charge in [-0.1, -0.05) is 13.0 Å². The monoisotopic (exact) mass is 241 g/mol. The van der Waals surface area contributed by atoms with Gasteiger partial charge in [0.2, 0.25) is 0 Å². The molecule has 1 atom stereocenters. The molecular weight excluding hydrogens is 221 g/mol. The zero-order valence-electron chi connectivity index (χ0n) is 10.4. The van der Waals surface area contributed by atoms with Crippen molar-refractivity contribution < 1.29 is 14.2 Å². The van der Waals surface area contributed by atoms with E-state index in [4.69, 9.17) is 9.84 Å². The molecule has 1 unspecified atom stereocenters. The van der Waals surface area contributed by atoms with Gasteiger partial charge in [0.05, 0.1) is 13.2 Å². The van der Waals surface area contributed by atoms with Gasteiger partial charge in [0, 0.05) is 12.1 Å². The van der Waals surface area contributed by atoms with Crippen molar-refractivity contribution in [2.45, 2.75) is 26.3 Å². The predicted octanol–water partition coefficient (Wildman–Crippen LogP) is 1.87. The molecule has 3 nitrogen and oxygen atoms in total. The zero-order valence-corrected chi connectivity index (χ0v) is 10.4. The van der Waals surface area contributed by atoms with Crippen molar-refractivity contribution in [1.82, 2.24) is 5.32 Å². The van der Waals surface area contributed by atoms with E-state index in [-0.39, 0.29) is 18.5 Å². The van der Waals surface area contributed by atoms with E-state index >= 15 is 0 Å². The van der Waals surface area contributed by atoms with E-state index in [9.17, 15) is 4.39 Å². The Morgan fingerprint density at radius 1 is 1.47 bits per heavy atom. The lowest BCUT2D eigenvalue weighted by atomic mass is 10.2. The van der Waals surface area contributed by atoms with Crippen molar-refractivity contribution in [3.8, 4) is 5.75 Å². The lowest BCUT2D eigenvalue weighted by Crippen LogP contribution is -2.33. The van der Waals surface area contributed by atoms with Gasteiger partial charge in [-0.15, -0.1) is 0 Å². The number of likely N-dealkylation sites (N-methyl/N-ethyl adjacent to an activating group) is 1. The van der Waals surface area contributed by atoms with Crippen LogP contribution < -0.4 is 10.1 Å². The third kappa shape index (κ3) is 4.71. The van der Waals surface area contributed by atoms with Crippen molar-refractivity contribution in [3.63, 3.8) is 0 Å². The van der Waals surface area contributed by atoms with E-state index in [0.29, 0.717) is 18.8 Å². The summed E-state index contributed by atoms with van der Waals surface area (Å²) in [6.45, 7) is 5.22. The van der Waals surface area contributed by atoms with E-state index in [2.05, 4.69) is 5.32 Å². The first kappa shape index (κ1) is 13.9. The molecule has 0 bridgehead atoms. The minimum Gasteiger partial charge on any atom is -0.493 e. The van der Waals surface area contributed by atoms with E-state index < -0.39 is 0 Å². The molecular formula is C13H20FNO2. The van der Waals surface area contributed by atoms with Crippen LogP contribution in [-0.2, 0) is 0 Å². The molecule has 0 aliphatic carbocycles. The van der Waals surface area contributed by atoms with Gasteiger partial charge in [-0.25, -0.2) is 4.39 Å². The molecule has 1 rings (SSSR count). The van der Waals surface area contributed by atoms with Crippen LogP contribution in [0.4, 0.5) is 4.39 Å². The molecule has 96 valence electrons. The number of aliphatic hydroxyl groups is 1. The van der Waals surface area contributed by atoms with Crippen molar-refractivity contribution >= 4 is 0 Å². The minimum absolute atomic E-state index is 0.0360. The van der Waals surface area contributed by atoms with E-state index in [1.807, 2.05) is 13.8 Å². The Morgan fingerprint density at radius 2 is 2.24 bits per heavy atom. The van der Waals surface area contributed by atoms with Crippen LogP contribution in [0.1, 0.15) is 18.9 Å². The summed E-state index contributed by atoms with van der Waals surface area (Å²) in [5.74, 6) is 0.272. The maximum atomic E-state index is 13.0. The smallest absolute Gasteiger partial charge is 0.126 e. The fraction of sp³-hybridized carbons (Fsp3) is 0.538. The van der Waals surface area contributed by atoms with E-state index in [0.717, 1.165) is 12.1 Å². The summed E-state index contributed by atoms with van der Waals surface area (Å²) in [5, 5.41) is 12.2. The predicted molar refractivity (Wildman–Crippen MR) is 65.8 cm³/mol. The number of ether oxygens (including phenoxy) is 1. The van der Waals surface area contributed by atoms with Gasteiger partial charge >= 0.3 is 0 Å². The fourth-order valence-electron chi connectivity index (χ4n) is 1.59. The Hall–Kier alpha value is -1.13. The van der Waals surface area contributed by atoms with Gasteiger partial charge in [0.25, 0.3) is 0 Å². The van der Waals surface area contributed by atoms with Crippen LogP contribution in [-0.4, -0.2) is 30.9 Å². The second kappa shape index (κ2) is 7.25. The first-order valence-corrected chi connectivity index (χ1v) is 5.90. The summed E-state index contributed by atoms with van der Waals surface area (Å²) >= 11 is 0. The molecule has 0 saturated carbocycles. The normalized spacial score (nSPS) is 12.5. The molecule has 17 heavy (non-hydrogen) atoms. The number of benzene rings is 1. The minimum atomic E-state index is -0.295. The highest BCUT2D eigenvalue weighted by atomic mass is 19.1. The quantitative estimate of drug-likeness (QED) is 0.765. The second-order valence-corrected chi connectivity index (χ2v) is 3.98. The van der Waals surface area contributed by atoms with Crippen LogP contribution in [0.3, 0.4) is 0 Å². The van der Waals surface area contributed by atoms with Crippen molar-refractivity contribution in [2.75, 3.05) is 19.8 Å². The largest absolute Gasteiger partial charge is 0.493 e. The molecule has 0 aromatic heterocycles. The van der Waals surface area contributed by atoms with Crippen LogP contribution in [0.25, 0.3) is 0 Å². The Kier molecular flexibility index (Phi) is 5.94. The molecule has 2 N–H and O–H groups in total. The third-order valence-electron chi connectivity index (χ3n) is 2.59. The molecule has 0 heterocycles. The van der Waals surface area contributed by atoms with Gasteiger partial charge in [-0.05, 0) is 31.5 Å².